The van der Waals surface area contributed by atoms with E-state index in [0.29, 0.717) is 5.82 Å². The molecule has 88 valence electrons. The van der Waals surface area contributed by atoms with Crippen molar-refractivity contribution in [1.29, 1.82) is 5.41 Å². The molecule has 5 heteroatoms. The largest absolute Gasteiger partial charge is 0.341 e. The molecule has 0 atom stereocenters. The molecule has 2 rings (SSSR count). The van der Waals surface area contributed by atoms with Crippen LogP contribution >= 0.6 is 0 Å². The Morgan fingerprint density at radius 3 is 2.76 bits per heavy atom. The Bertz CT molecular complexity index is 559. The molecule has 1 aromatic carbocycles. The van der Waals surface area contributed by atoms with Crippen molar-refractivity contribution in [3.05, 3.63) is 41.3 Å². The molecule has 0 radical (unpaired) electrons. The molecular formula is C12H14N4O. The third-order valence-corrected chi connectivity index (χ3v) is 2.73. The summed E-state index contributed by atoms with van der Waals surface area (Å²) in [5, 5.41) is 16.0. The van der Waals surface area contributed by atoms with Crippen molar-refractivity contribution in [2.45, 2.75) is 13.8 Å². The summed E-state index contributed by atoms with van der Waals surface area (Å²) in [6.45, 7) is 4.10. The first-order chi connectivity index (χ1) is 8.11. The first-order valence-electron chi connectivity index (χ1n) is 5.24. The Balaban J connectivity index is 2.37. The zero-order chi connectivity index (χ0) is 12.4. The van der Waals surface area contributed by atoms with E-state index < -0.39 is 0 Å². The Kier molecular flexibility index (Phi) is 2.93. The average molecular weight is 230 g/mol. The second-order valence-electron chi connectivity index (χ2n) is 3.92. The van der Waals surface area contributed by atoms with Gasteiger partial charge in [-0.15, -0.1) is 0 Å². The molecule has 4 N–H and O–H groups in total. The van der Waals surface area contributed by atoms with Crippen LogP contribution in [0.2, 0.25) is 0 Å². The predicted octanol–water partition coefficient (Wildman–Crippen LogP) is 2.00. The minimum Gasteiger partial charge on any atom is -0.341 e. The Morgan fingerprint density at radius 1 is 1.35 bits per heavy atom. The van der Waals surface area contributed by atoms with E-state index >= 15 is 0 Å². The maximum Gasteiger partial charge on any atom is 0.185 e. The lowest BCUT2D eigenvalue weighted by molar-refractivity contribution is 0.233. The lowest BCUT2D eigenvalue weighted by atomic mass is 10.1. The monoisotopic (exact) mass is 230 g/mol. The molecule has 0 aliphatic rings. The zero-order valence-corrected chi connectivity index (χ0v) is 9.70. The lowest BCUT2D eigenvalue weighted by Gasteiger charge is -2.02. The van der Waals surface area contributed by atoms with Crippen LogP contribution in [0.15, 0.2) is 24.4 Å². The van der Waals surface area contributed by atoms with E-state index in [2.05, 4.69) is 16.9 Å². The highest BCUT2D eigenvalue weighted by molar-refractivity contribution is 5.92. The van der Waals surface area contributed by atoms with Crippen LogP contribution in [0.4, 0.5) is 0 Å². The van der Waals surface area contributed by atoms with Crippen LogP contribution in [-0.2, 0) is 0 Å². The van der Waals surface area contributed by atoms with Gasteiger partial charge < -0.3 is 4.98 Å². The number of aromatic amines is 1. The topological polar surface area (TPSA) is 84.8 Å². The number of hydroxylamine groups is 1. The summed E-state index contributed by atoms with van der Waals surface area (Å²) in [5.74, 6) is 0.154. The van der Waals surface area contributed by atoms with Gasteiger partial charge in [-0.05, 0) is 31.0 Å². The van der Waals surface area contributed by atoms with E-state index in [1.165, 1.54) is 11.1 Å². The summed E-state index contributed by atoms with van der Waals surface area (Å²) >= 11 is 0. The maximum absolute atomic E-state index is 8.61. The normalized spacial score (nSPS) is 10.3. The van der Waals surface area contributed by atoms with E-state index in [0.717, 1.165) is 11.3 Å². The van der Waals surface area contributed by atoms with Gasteiger partial charge in [0.15, 0.2) is 11.7 Å². The zero-order valence-electron chi connectivity index (χ0n) is 9.70. The fraction of sp³-hybridized carbons (Fsp3) is 0.167. The molecule has 0 spiro atoms. The van der Waals surface area contributed by atoms with E-state index in [4.69, 9.17) is 10.6 Å². The third kappa shape index (κ3) is 2.19. The highest BCUT2D eigenvalue weighted by Crippen LogP contribution is 2.20. The molecule has 0 bridgehead atoms. The fourth-order valence-electron chi connectivity index (χ4n) is 1.55. The van der Waals surface area contributed by atoms with Gasteiger partial charge in [0.2, 0.25) is 0 Å². The first kappa shape index (κ1) is 11.3. The Morgan fingerprint density at radius 2 is 2.12 bits per heavy atom. The van der Waals surface area contributed by atoms with Gasteiger partial charge in [-0.1, -0.05) is 12.1 Å². The lowest BCUT2D eigenvalue weighted by Crippen LogP contribution is -2.19. The quantitative estimate of drug-likeness (QED) is 0.361. The molecule has 0 aliphatic heterocycles. The van der Waals surface area contributed by atoms with Crippen LogP contribution in [0.3, 0.4) is 0 Å². The summed E-state index contributed by atoms with van der Waals surface area (Å²) in [6.07, 6.45) is 1.71. The van der Waals surface area contributed by atoms with Gasteiger partial charge in [0.1, 0.15) is 0 Å². The van der Waals surface area contributed by atoms with Crippen molar-refractivity contribution in [2.24, 2.45) is 0 Å². The maximum atomic E-state index is 8.61. The third-order valence-electron chi connectivity index (χ3n) is 2.73. The number of hydrogen-bond acceptors (Lipinski definition) is 3. The van der Waals surface area contributed by atoms with Crippen molar-refractivity contribution in [2.75, 3.05) is 0 Å². The highest BCUT2D eigenvalue weighted by Gasteiger charge is 2.08. The summed E-state index contributed by atoms with van der Waals surface area (Å²) in [6, 6.07) is 6.07. The van der Waals surface area contributed by atoms with Crippen molar-refractivity contribution >= 4 is 5.84 Å². The molecule has 0 aliphatic carbocycles. The van der Waals surface area contributed by atoms with Gasteiger partial charge >= 0.3 is 0 Å². The predicted molar refractivity (Wildman–Crippen MR) is 65.2 cm³/mol. The number of benzene rings is 1. The molecule has 5 nitrogen and oxygen atoms in total. The van der Waals surface area contributed by atoms with Gasteiger partial charge in [0.05, 0.1) is 5.69 Å². The molecular weight excluding hydrogens is 216 g/mol. The summed E-state index contributed by atoms with van der Waals surface area (Å²) < 4.78 is 0. The number of rotatable bonds is 2. The standard InChI is InChI=1S/C12H14N4O/c1-7-3-4-9(5-8(7)2)10-6-14-12(15-10)11(13)16-17/h3-6,17H,1-2H3,(H2,13,16)(H,14,15). The highest BCUT2D eigenvalue weighted by atomic mass is 16.5. The Labute approximate surface area is 99.0 Å². The second kappa shape index (κ2) is 4.39. The molecule has 2 aromatic rings. The molecule has 0 saturated heterocycles. The molecule has 0 amide bonds. The second-order valence-corrected chi connectivity index (χ2v) is 3.92. The molecule has 0 unspecified atom stereocenters. The van der Waals surface area contributed by atoms with Crippen LogP contribution in [0.5, 0.6) is 0 Å². The number of H-pyrrole nitrogens is 1. The van der Waals surface area contributed by atoms with Gasteiger partial charge in [-0.25, -0.2) is 10.5 Å². The minimum atomic E-state index is -0.153. The van der Waals surface area contributed by atoms with Crippen LogP contribution in [0.25, 0.3) is 11.3 Å². The molecule has 1 aromatic heterocycles. The summed E-state index contributed by atoms with van der Waals surface area (Å²) in [5.41, 5.74) is 5.92. The smallest absolute Gasteiger partial charge is 0.185 e. The average Bonchev–Trinajstić information content (AvgIpc) is 2.81. The molecule has 0 fully saturated rings. The van der Waals surface area contributed by atoms with E-state index in [9.17, 15) is 0 Å². The van der Waals surface area contributed by atoms with Gasteiger partial charge in [-0.3, -0.25) is 10.6 Å². The van der Waals surface area contributed by atoms with Gasteiger partial charge in [0, 0.05) is 11.8 Å². The van der Waals surface area contributed by atoms with Gasteiger partial charge in [-0.2, -0.15) is 0 Å². The van der Waals surface area contributed by atoms with Crippen molar-refractivity contribution in [1.82, 2.24) is 15.4 Å². The van der Waals surface area contributed by atoms with Crippen LogP contribution in [-0.4, -0.2) is 21.0 Å². The van der Waals surface area contributed by atoms with Crippen LogP contribution in [0.1, 0.15) is 17.0 Å². The van der Waals surface area contributed by atoms with E-state index in [-0.39, 0.29) is 5.84 Å². The number of aryl methyl sites for hydroxylation is 2. The van der Waals surface area contributed by atoms with E-state index in [1.54, 1.807) is 11.7 Å². The molecule has 17 heavy (non-hydrogen) atoms. The minimum absolute atomic E-state index is 0.153. The van der Waals surface area contributed by atoms with Crippen molar-refractivity contribution in [3.8, 4) is 11.3 Å². The first-order valence-corrected chi connectivity index (χ1v) is 5.24. The van der Waals surface area contributed by atoms with Crippen LogP contribution in [0, 0.1) is 19.3 Å². The SMILES string of the molecule is Cc1ccc(-c2c[nH]c(C(=N)NO)n2)cc1C. The number of amidine groups is 1. The summed E-state index contributed by atoms with van der Waals surface area (Å²) in [4.78, 5) is 7.05. The number of nitrogens with zero attached hydrogens (tertiary/aromatic N) is 1. The fourth-order valence-corrected chi connectivity index (χ4v) is 1.55. The van der Waals surface area contributed by atoms with Crippen molar-refractivity contribution < 1.29 is 5.21 Å². The Hall–Kier alpha value is -2.14. The van der Waals surface area contributed by atoms with E-state index in [1.807, 2.05) is 25.1 Å². The summed E-state index contributed by atoms with van der Waals surface area (Å²) in [7, 11) is 0. The molecule has 1 heterocycles. The molecule has 0 saturated carbocycles. The number of imidazole rings is 1. The van der Waals surface area contributed by atoms with Crippen LogP contribution < -0.4 is 5.48 Å². The number of hydrogen-bond donors (Lipinski definition) is 4. The van der Waals surface area contributed by atoms with Crippen molar-refractivity contribution in [3.63, 3.8) is 0 Å². The number of aromatic nitrogens is 2. The number of nitrogens with one attached hydrogen (secondary N) is 3. The van der Waals surface area contributed by atoms with Gasteiger partial charge in [0.25, 0.3) is 0 Å².